The van der Waals surface area contributed by atoms with Crippen LogP contribution in [0.5, 0.6) is 5.75 Å². The van der Waals surface area contributed by atoms with E-state index in [4.69, 9.17) is 10.5 Å². The summed E-state index contributed by atoms with van der Waals surface area (Å²) in [4.78, 5) is 30.8. The van der Waals surface area contributed by atoms with Gasteiger partial charge in [0.15, 0.2) is 5.82 Å². The summed E-state index contributed by atoms with van der Waals surface area (Å²) < 4.78 is 6.08. The van der Waals surface area contributed by atoms with Crippen LogP contribution in [0.25, 0.3) is 0 Å². The van der Waals surface area contributed by atoms with Gasteiger partial charge in [-0.05, 0) is 36.2 Å². The summed E-state index contributed by atoms with van der Waals surface area (Å²) in [7, 11) is 0. The van der Waals surface area contributed by atoms with Crippen molar-refractivity contribution < 1.29 is 14.3 Å². The van der Waals surface area contributed by atoms with Crippen molar-refractivity contribution in [3.63, 3.8) is 0 Å². The van der Waals surface area contributed by atoms with Crippen molar-refractivity contribution in [2.45, 2.75) is 26.0 Å². The van der Waals surface area contributed by atoms with Crippen molar-refractivity contribution in [1.29, 1.82) is 0 Å². The predicted octanol–water partition coefficient (Wildman–Crippen LogP) is 3.62. The highest BCUT2D eigenvalue weighted by Crippen LogP contribution is 2.26. The van der Waals surface area contributed by atoms with Crippen molar-refractivity contribution in [2.75, 3.05) is 17.6 Å². The highest BCUT2D eigenvalue weighted by Gasteiger charge is 2.22. The second-order valence-electron chi connectivity index (χ2n) is 7.41. The Morgan fingerprint density at radius 1 is 1.13 bits per heavy atom. The fourth-order valence-corrected chi connectivity index (χ4v) is 3.47. The van der Waals surface area contributed by atoms with Crippen LogP contribution in [0.3, 0.4) is 0 Å². The van der Waals surface area contributed by atoms with Gasteiger partial charge in [-0.1, -0.05) is 36.4 Å². The number of aromatic nitrogens is 1. The third-order valence-corrected chi connectivity index (χ3v) is 5.17. The van der Waals surface area contributed by atoms with Crippen molar-refractivity contribution in [3.05, 3.63) is 83.6 Å². The number of nitrogens with one attached hydrogen (secondary N) is 1. The molecule has 1 aromatic heterocycles. The maximum absolute atomic E-state index is 12.8. The molecule has 2 amide bonds. The molecule has 1 saturated heterocycles. The van der Waals surface area contributed by atoms with E-state index in [9.17, 15) is 9.59 Å². The normalized spacial score (nSPS) is 13.3. The standard InChI is InChI=1S/C24H24N4O3/c25-20-8-4-12-26-23(20)27-24(30)18-10-11-19(15-28-13-5-9-22(28)29)21(14-18)31-16-17-6-2-1-3-7-17/h1-4,6-8,10-12,14H,5,9,13,15-16,25H2,(H,26,27,30). The lowest BCUT2D eigenvalue weighted by atomic mass is 10.1. The summed E-state index contributed by atoms with van der Waals surface area (Å²) in [6.45, 7) is 1.55. The van der Waals surface area contributed by atoms with Crippen molar-refractivity contribution in [3.8, 4) is 5.75 Å². The molecular weight excluding hydrogens is 392 g/mol. The molecule has 1 fully saturated rings. The molecule has 1 aliphatic rings. The third-order valence-electron chi connectivity index (χ3n) is 5.17. The Bertz CT molecular complexity index is 1090. The minimum absolute atomic E-state index is 0.140. The number of nitrogens with zero attached hydrogens (tertiary/aromatic N) is 2. The van der Waals surface area contributed by atoms with E-state index in [1.54, 1.807) is 30.5 Å². The zero-order valence-electron chi connectivity index (χ0n) is 17.1. The Morgan fingerprint density at radius 3 is 2.71 bits per heavy atom. The molecule has 158 valence electrons. The Labute approximate surface area is 180 Å². The van der Waals surface area contributed by atoms with Gasteiger partial charge in [0, 0.05) is 36.8 Å². The summed E-state index contributed by atoms with van der Waals surface area (Å²) in [5.74, 6) is 0.691. The lowest BCUT2D eigenvalue weighted by Crippen LogP contribution is -2.24. The molecule has 0 radical (unpaired) electrons. The average molecular weight is 416 g/mol. The monoisotopic (exact) mass is 416 g/mol. The van der Waals surface area contributed by atoms with E-state index in [0.717, 1.165) is 24.1 Å². The van der Waals surface area contributed by atoms with E-state index >= 15 is 0 Å². The van der Waals surface area contributed by atoms with Gasteiger partial charge in [-0.15, -0.1) is 0 Å². The van der Waals surface area contributed by atoms with E-state index in [-0.39, 0.29) is 11.8 Å². The average Bonchev–Trinajstić information content (AvgIpc) is 3.19. The largest absolute Gasteiger partial charge is 0.489 e. The van der Waals surface area contributed by atoms with Gasteiger partial charge in [-0.25, -0.2) is 4.98 Å². The van der Waals surface area contributed by atoms with Crippen LogP contribution in [-0.2, 0) is 17.9 Å². The zero-order chi connectivity index (χ0) is 21.6. The maximum Gasteiger partial charge on any atom is 0.257 e. The number of hydrogen-bond donors (Lipinski definition) is 2. The van der Waals surface area contributed by atoms with Crippen LogP contribution in [0.4, 0.5) is 11.5 Å². The number of nitrogen functional groups attached to an aromatic ring is 1. The number of nitrogens with two attached hydrogens (primary N) is 1. The smallest absolute Gasteiger partial charge is 0.257 e. The highest BCUT2D eigenvalue weighted by atomic mass is 16.5. The van der Waals surface area contributed by atoms with Gasteiger partial charge >= 0.3 is 0 Å². The topological polar surface area (TPSA) is 97.5 Å². The van der Waals surface area contributed by atoms with Crippen molar-refractivity contribution in [2.24, 2.45) is 0 Å². The SMILES string of the molecule is Nc1cccnc1NC(=O)c1ccc(CN2CCCC2=O)c(OCc2ccccc2)c1. The molecule has 2 aromatic carbocycles. The number of carbonyl (C=O) groups excluding carboxylic acids is 2. The quantitative estimate of drug-likeness (QED) is 0.613. The molecule has 2 heterocycles. The predicted molar refractivity (Wildman–Crippen MR) is 118 cm³/mol. The Hall–Kier alpha value is -3.87. The van der Waals surface area contributed by atoms with E-state index < -0.39 is 0 Å². The fourth-order valence-electron chi connectivity index (χ4n) is 3.47. The second kappa shape index (κ2) is 9.30. The molecule has 3 aromatic rings. The number of ether oxygens (including phenoxy) is 1. The van der Waals surface area contributed by atoms with Crippen LogP contribution in [0.15, 0.2) is 66.9 Å². The first kappa shape index (κ1) is 20.4. The van der Waals surface area contributed by atoms with Gasteiger partial charge in [-0.3, -0.25) is 9.59 Å². The van der Waals surface area contributed by atoms with Gasteiger partial charge in [-0.2, -0.15) is 0 Å². The van der Waals surface area contributed by atoms with E-state index in [0.29, 0.717) is 42.4 Å². The molecular formula is C24H24N4O3. The van der Waals surface area contributed by atoms with Crippen LogP contribution in [0.2, 0.25) is 0 Å². The molecule has 1 aliphatic heterocycles. The van der Waals surface area contributed by atoms with Crippen LogP contribution < -0.4 is 15.8 Å². The zero-order valence-corrected chi connectivity index (χ0v) is 17.1. The van der Waals surface area contributed by atoms with E-state index in [1.807, 2.05) is 41.3 Å². The first-order chi connectivity index (χ1) is 15.1. The van der Waals surface area contributed by atoms with Gasteiger partial charge in [0.2, 0.25) is 5.91 Å². The molecule has 4 rings (SSSR count). The molecule has 0 bridgehead atoms. The van der Waals surface area contributed by atoms with Gasteiger partial charge in [0.1, 0.15) is 12.4 Å². The van der Waals surface area contributed by atoms with Gasteiger partial charge in [0.25, 0.3) is 5.91 Å². The maximum atomic E-state index is 12.8. The Kier molecular flexibility index (Phi) is 6.12. The molecule has 0 spiro atoms. The number of amides is 2. The van der Waals surface area contributed by atoms with Crippen LogP contribution >= 0.6 is 0 Å². The van der Waals surface area contributed by atoms with E-state index in [1.165, 1.54) is 0 Å². The number of benzene rings is 2. The molecule has 0 saturated carbocycles. The van der Waals surface area contributed by atoms with Gasteiger partial charge in [0.05, 0.1) is 5.69 Å². The van der Waals surface area contributed by atoms with Crippen molar-refractivity contribution >= 4 is 23.3 Å². The number of hydrogen-bond acceptors (Lipinski definition) is 5. The molecule has 7 heteroatoms. The molecule has 0 unspecified atom stereocenters. The number of pyridine rings is 1. The van der Waals surface area contributed by atoms with Gasteiger partial charge < -0.3 is 20.7 Å². The minimum Gasteiger partial charge on any atom is -0.489 e. The summed E-state index contributed by atoms with van der Waals surface area (Å²) in [6, 6.07) is 18.4. The lowest BCUT2D eigenvalue weighted by molar-refractivity contribution is -0.128. The van der Waals surface area contributed by atoms with Crippen LogP contribution in [-0.4, -0.2) is 28.2 Å². The Morgan fingerprint density at radius 2 is 1.97 bits per heavy atom. The lowest BCUT2D eigenvalue weighted by Gasteiger charge is -2.19. The van der Waals surface area contributed by atoms with Crippen molar-refractivity contribution in [1.82, 2.24) is 9.88 Å². The van der Waals surface area contributed by atoms with Crippen LogP contribution in [0.1, 0.15) is 34.3 Å². The molecule has 31 heavy (non-hydrogen) atoms. The number of likely N-dealkylation sites (tertiary alicyclic amines) is 1. The Balaban J connectivity index is 1.57. The summed E-state index contributed by atoms with van der Waals surface area (Å²) in [5.41, 5.74) is 8.57. The summed E-state index contributed by atoms with van der Waals surface area (Å²) in [6.07, 6.45) is 3.01. The second-order valence-corrected chi connectivity index (χ2v) is 7.41. The first-order valence-electron chi connectivity index (χ1n) is 10.2. The highest BCUT2D eigenvalue weighted by molar-refractivity contribution is 6.05. The number of anilines is 2. The fraction of sp³-hybridized carbons (Fsp3) is 0.208. The van der Waals surface area contributed by atoms with E-state index in [2.05, 4.69) is 10.3 Å². The minimum atomic E-state index is -0.334. The summed E-state index contributed by atoms with van der Waals surface area (Å²) >= 11 is 0. The first-order valence-corrected chi connectivity index (χ1v) is 10.2. The number of carbonyl (C=O) groups is 2. The number of rotatable bonds is 7. The molecule has 0 atom stereocenters. The van der Waals surface area contributed by atoms with Crippen LogP contribution in [0, 0.1) is 0 Å². The summed E-state index contributed by atoms with van der Waals surface area (Å²) in [5, 5.41) is 2.73. The molecule has 3 N–H and O–H groups in total. The molecule has 7 nitrogen and oxygen atoms in total. The molecule has 0 aliphatic carbocycles. The third kappa shape index (κ3) is 5.01.